The number of rotatable bonds is 2. The van der Waals surface area contributed by atoms with Gasteiger partial charge in [0, 0.05) is 27.3 Å². The molecule has 0 radical (unpaired) electrons. The molecule has 20 heavy (non-hydrogen) atoms. The number of hydrogen-bond acceptors (Lipinski definition) is 1. The minimum Gasteiger partial charge on any atom is -0.207 e. The van der Waals surface area contributed by atoms with Gasteiger partial charge in [0.1, 0.15) is 17.5 Å². The van der Waals surface area contributed by atoms with Crippen LogP contribution in [-0.4, -0.2) is 0 Å². The van der Waals surface area contributed by atoms with Crippen LogP contribution in [0.1, 0.15) is 15.8 Å². The predicted molar refractivity (Wildman–Crippen MR) is 75.8 cm³/mol. The van der Waals surface area contributed by atoms with Gasteiger partial charge in [0.2, 0.25) is 0 Å². The highest BCUT2D eigenvalue weighted by molar-refractivity contribution is 7.19. The van der Waals surface area contributed by atoms with Crippen molar-refractivity contribution in [3.8, 4) is 0 Å². The van der Waals surface area contributed by atoms with Crippen molar-refractivity contribution < 1.29 is 13.2 Å². The summed E-state index contributed by atoms with van der Waals surface area (Å²) in [5.74, 6) is -2.90. The fourth-order valence-corrected chi connectivity index (χ4v) is 3.52. The van der Waals surface area contributed by atoms with Gasteiger partial charge in [0.05, 0.1) is 5.38 Å². The first-order chi connectivity index (χ1) is 9.56. The Labute approximate surface area is 122 Å². The number of halogens is 4. The van der Waals surface area contributed by atoms with Crippen LogP contribution in [0.3, 0.4) is 0 Å². The molecule has 0 aliphatic heterocycles. The zero-order valence-electron chi connectivity index (χ0n) is 10.0. The molecule has 0 aliphatic carbocycles. The molecule has 1 atom stereocenters. The summed E-state index contributed by atoms with van der Waals surface area (Å²) >= 11 is 7.54. The van der Waals surface area contributed by atoms with E-state index >= 15 is 0 Å². The summed E-state index contributed by atoms with van der Waals surface area (Å²) in [6, 6.07) is 10.6. The molecular weight excluding hydrogens is 305 g/mol. The summed E-state index contributed by atoms with van der Waals surface area (Å²) in [6.45, 7) is 0. The van der Waals surface area contributed by atoms with E-state index in [1.165, 1.54) is 11.3 Å². The molecule has 0 N–H and O–H groups in total. The van der Waals surface area contributed by atoms with Crippen LogP contribution < -0.4 is 0 Å². The minimum atomic E-state index is -0.979. The van der Waals surface area contributed by atoms with Crippen LogP contribution >= 0.6 is 22.9 Å². The third-order valence-electron chi connectivity index (χ3n) is 2.99. The number of hydrogen-bond donors (Lipinski definition) is 0. The van der Waals surface area contributed by atoms with Crippen molar-refractivity contribution in [1.82, 2.24) is 0 Å². The Balaban J connectivity index is 2.10. The first-order valence-corrected chi connectivity index (χ1v) is 7.08. The Kier molecular flexibility index (Phi) is 3.44. The highest BCUT2D eigenvalue weighted by atomic mass is 35.5. The molecule has 2 aromatic carbocycles. The maximum atomic E-state index is 13.7. The molecule has 1 heterocycles. The molecule has 0 saturated heterocycles. The van der Waals surface area contributed by atoms with Gasteiger partial charge in [-0.3, -0.25) is 0 Å². The van der Waals surface area contributed by atoms with E-state index in [4.69, 9.17) is 11.6 Å². The molecule has 0 fully saturated rings. The second kappa shape index (κ2) is 5.11. The average molecular weight is 313 g/mol. The van der Waals surface area contributed by atoms with E-state index in [-0.39, 0.29) is 5.56 Å². The smallest absolute Gasteiger partial charge is 0.134 e. The van der Waals surface area contributed by atoms with Crippen molar-refractivity contribution in [2.45, 2.75) is 5.38 Å². The van der Waals surface area contributed by atoms with Crippen LogP contribution in [0.4, 0.5) is 13.2 Å². The van der Waals surface area contributed by atoms with E-state index in [1.807, 2.05) is 24.3 Å². The lowest BCUT2D eigenvalue weighted by molar-refractivity contribution is 0.526. The topological polar surface area (TPSA) is 0 Å². The zero-order chi connectivity index (χ0) is 14.3. The lowest BCUT2D eigenvalue weighted by Crippen LogP contribution is -2.00. The van der Waals surface area contributed by atoms with Crippen molar-refractivity contribution in [1.29, 1.82) is 0 Å². The molecule has 1 unspecified atom stereocenters. The average Bonchev–Trinajstić information content (AvgIpc) is 2.81. The zero-order valence-corrected chi connectivity index (χ0v) is 11.6. The Morgan fingerprint density at radius 1 is 0.950 bits per heavy atom. The van der Waals surface area contributed by atoms with Crippen molar-refractivity contribution in [3.05, 3.63) is 70.4 Å². The first-order valence-electron chi connectivity index (χ1n) is 5.83. The molecule has 0 aliphatic rings. The molecule has 0 amide bonds. The Hall–Kier alpha value is -1.52. The molecule has 0 bridgehead atoms. The maximum absolute atomic E-state index is 13.7. The monoisotopic (exact) mass is 312 g/mol. The fraction of sp³-hybridized carbons (Fsp3) is 0.0667. The van der Waals surface area contributed by atoms with Crippen LogP contribution in [0.5, 0.6) is 0 Å². The van der Waals surface area contributed by atoms with Gasteiger partial charge in [0.15, 0.2) is 0 Å². The van der Waals surface area contributed by atoms with Crippen molar-refractivity contribution >= 4 is 33.0 Å². The molecular formula is C15H8ClF3S. The van der Waals surface area contributed by atoms with Gasteiger partial charge < -0.3 is 0 Å². The highest BCUT2D eigenvalue weighted by Crippen LogP contribution is 2.39. The largest absolute Gasteiger partial charge is 0.207 e. The van der Waals surface area contributed by atoms with Gasteiger partial charge in [-0.25, -0.2) is 13.2 Å². The summed E-state index contributed by atoms with van der Waals surface area (Å²) in [6.07, 6.45) is 0. The fourth-order valence-electron chi connectivity index (χ4n) is 2.07. The quantitative estimate of drug-likeness (QED) is 0.537. The van der Waals surface area contributed by atoms with Gasteiger partial charge in [-0.15, -0.1) is 22.9 Å². The minimum absolute atomic E-state index is 0.320. The normalized spacial score (nSPS) is 12.8. The molecule has 3 aromatic rings. The third-order valence-corrected chi connectivity index (χ3v) is 4.76. The number of thiophene rings is 1. The summed E-state index contributed by atoms with van der Waals surface area (Å²) in [7, 11) is 0. The second-order valence-electron chi connectivity index (χ2n) is 4.33. The Morgan fingerprint density at radius 2 is 1.60 bits per heavy atom. The van der Waals surface area contributed by atoms with E-state index in [0.29, 0.717) is 17.0 Å². The van der Waals surface area contributed by atoms with Crippen molar-refractivity contribution in [2.24, 2.45) is 0 Å². The number of fused-ring (bicyclic) bond motifs is 1. The van der Waals surface area contributed by atoms with E-state index in [1.54, 1.807) is 6.07 Å². The number of benzene rings is 2. The molecule has 1 aromatic heterocycles. The van der Waals surface area contributed by atoms with E-state index in [2.05, 4.69) is 0 Å². The van der Waals surface area contributed by atoms with Crippen LogP contribution in [0.2, 0.25) is 0 Å². The second-order valence-corrected chi connectivity index (χ2v) is 5.88. The van der Waals surface area contributed by atoms with Gasteiger partial charge in [-0.2, -0.15) is 0 Å². The molecule has 0 saturated carbocycles. The van der Waals surface area contributed by atoms with Gasteiger partial charge in [0.25, 0.3) is 0 Å². The lowest BCUT2D eigenvalue weighted by Gasteiger charge is -2.10. The summed E-state index contributed by atoms with van der Waals surface area (Å²) in [5, 5.41) is -0.0194. The Bertz CT molecular complexity index is 726. The summed E-state index contributed by atoms with van der Waals surface area (Å²) in [4.78, 5) is 0.622. The molecule has 3 rings (SSSR count). The van der Waals surface area contributed by atoms with Gasteiger partial charge >= 0.3 is 0 Å². The summed E-state index contributed by atoms with van der Waals surface area (Å²) < 4.78 is 41.4. The predicted octanol–water partition coefficient (Wildman–Crippen LogP) is 5.65. The van der Waals surface area contributed by atoms with Crippen LogP contribution in [-0.2, 0) is 0 Å². The highest BCUT2D eigenvalue weighted by Gasteiger charge is 2.22. The molecule has 5 heteroatoms. The first kappa shape index (κ1) is 13.5. The van der Waals surface area contributed by atoms with Crippen LogP contribution in [0.25, 0.3) is 10.1 Å². The van der Waals surface area contributed by atoms with E-state index < -0.39 is 22.8 Å². The van der Waals surface area contributed by atoms with Gasteiger partial charge in [-0.1, -0.05) is 18.2 Å². The van der Waals surface area contributed by atoms with E-state index in [9.17, 15) is 13.2 Å². The van der Waals surface area contributed by atoms with Gasteiger partial charge in [-0.05, 0) is 17.5 Å². The molecule has 0 nitrogen and oxygen atoms in total. The maximum Gasteiger partial charge on any atom is 0.134 e. The number of alkyl halides is 1. The van der Waals surface area contributed by atoms with Crippen LogP contribution in [0, 0.1) is 17.5 Å². The SMILES string of the molecule is Fc1cc(F)c(C(Cl)c2cc3ccccc3s2)c(F)c1. The lowest BCUT2D eigenvalue weighted by atomic mass is 10.1. The molecule has 0 spiro atoms. The Morgan fingerprint density at radius 3 is 2.25 bits per heavy atom. The third kappa shape index (κ3) is 2.30. The standard InChI is InChI=1S/C15H8ClF3S/c16-15(14-10(18)6-9(17)7-11(14)19)13-5-8-3-1-2-4-12(8)20-13/h1-7,15H. The molecule has 102 valence electrons. The van der Waals surface area contributed by atoms with Crippen molar-refractivity contribution in [2.75, 3.05) is 0 Å². The van der Waals surface area contributed by atoms with E-state index in [0.717, 1.165) is 10.1 Å². The van der Waals surface area contributed by atoms with Crippen molar-refractivity contribution in [3.63, 3.8) is 0 Å². The summed E-state index contributed by atoms with van der Waals surface area (Å²) in [5.41, 5.74) is -0.320. The van der Waals surface area contributed by atoms with Crippen LogP contribution in [0.15, 0.2) is 42.5 Å².